The largest absolute Gasteiger partial charge is 0.481 e. The summed E-state index contributed by atoms with van der Waals surface area (Å²) in [6, 6.07) is 5.91. The highest BCUT2D eigenvalue weighted by Crippen LogP contribution is 2.21. The molecular formula is C15H21NO5S. The Balaban J connectivity index is 3.09. The molecule has 0 aliphatic carbocycles. The molecule has 1 aromatic carbocycles. The van der Waals surface area contributed by atoms with Crippen LogP contribution in [0.3, 0.4) is 0 Å². The Morgan fingerprint density at radius 3 is 2.27 bits per heavy atom. The molecule has 0 saturated heterocycles. The summed E-state index contributed by atoms with van der Waals surface area (Å²) in [5.74, 6) is -1.65. The molecule has 0 saturated carbocycles. The van der Waals surface area contributed by atoms with Crippen LogP contribution in [0.25, 0.3) is 0 Å². The van der Waals surface area contributed by atoms with Gasteiger partial charge in [-0.05, 0) is 39.8 Å². The molecule has 122 valence electrons. The van der Waals surface area contributed by atoms with Gasteiger partial charge in [-0.3, -0.25) is 9.59 Å². The van der Waals surface area contributed by atoms with E-state index in [0.717, 1.165) is 0 Å². The molecule has 22 heavy (non-hydrogen) atoms. The molecule has 0 atom stereocenters. The zero-order valence-corrected chi connectivity index (χ0v) is 13.9. The van der Waals surface area contributed by atoms with E-state index in [2.05, 4.69) is 5.32 Å². The molecule has 1 aromatic rings. The van der Waals surface area contributed by atoms with Gasteiger partial charge in [-0.25, -0.2) is 8.42 Å². The number of rotatable bonds is 6. The number of carbonyl (C=O) groups is 2. The van der Waals surface area contributed by atoms with Gasteiger partial charge in [0.1, 0.15) is 0 Å². The first kappa shape index (κ1) is 18.2. The van der Waals surface area contributed by atoms with Crippen molar-refractivity contribution in [1.29, 1.82) is 0 Å². The topological polar surface area (TPSA) is 101 Å². The quantitative estimate of drug-likeness (QED) is 0.828. The molecule has 0 radical (unpaired) electrons. The van der Waals surface area contributed by atoms with Crippen molar-refractivity contribution < 1.29 is 23.1 Å². The molecule has 0 aliphatic heterocycles. The second kappa shape index (κ2) is 6.48. The lowest BCUT2D eigenvalue weighted by molar-refractivity contribution is -0.146. The fraction of sp³-hybridized carbons (Fsp3) is 0.467. The number of carboxylic acid groups (broad SMARTS) is 1. The van der Waals surface area contributed by atoms with E-state index in [1.807, 2.05) is 0 Å². The smallest absolute Gasteiger partial charge is 0.310 e. The molecule has 0 aromatic heterocycles. The normalized spacial score (nSPS) is 12.2. The van der Waals surface area contributed by atoms with Gasteiger partial charge in [-0.1, -0.05) is 12.1 Å². The zero-order chi connectivity index (χ0) is 17.1. The molecule has 0 fully saturated rings. The van der Waals surface area contributed by atoms with Gasteiger partial charge in [0.15, 0.2) is 9.84 Å². The summed E-state index contributed by atoms with van der Waals surface area (Å²) in [6.07, 6.45) is 0. The third-order valence-electron chi connectivity index (χ3n) is 3.33. The molecule has 0 bridgehead atoms. The van der Waals surface area contributed by atoms with E-state index in [1.165, 1.54) is 39.8 Å². The highest BCUT2D eigenvalue weighted by Gasteiger charge is 2.29. The minimum absolute atomic E-state index is 0.0254. The van der Waals surface area contributed by atoms with Crippen LogP contribution < -0.4 is 5.32 Å². The number of sulfone groups is 1. The van der Waals surface area contributed by atoms with Crippen molar-refractivity contribution in [1.82, 2.24) is 5.32 Å². The predicted octanol–water partition coefficient (Wildman–Crippen LogP) is 1.71. The van der Waals surface area contributed by atoms with Crippen molar-refractivity contribution in [3.05, 3.63) is 29.8 Å². The SMILES string of the molecule is CC(C)S(=O)(=O)c1ccccc1C(=O)NCC(C)(C)C(=O)O. The number of benzene rings is 1. The summed E-state index contributed by atoms with van der Waals surface area (Å²) in [5.41, 5.74) is -1.11. The minimum Gasteiger partial charge on any atom is -0.481 e. The van der Waals surface area contributed by atoms with Crippen LogP contribution in [0.2, 0.25) is 0 Å². The van der Waals surface area contributed by atoms with Crippen molar-refractivity contribution in [3.8, 4) is 0 Å². The van der Waals surface area contributed by atoms with E-state index >= 15 is 0 Å². The molecule has 0 unspecified atom stereocenters. The first-order valence-corrected chi connectivity index (χ1v) is 8.39. The van der Waals surface area contributed by atoms with Crippen molar-refractivity contribution in [2.75, 3.05) is 6.54 Å². The predicted molar refractivity (Wildman–Crippen MR) is 82.5 cm³/mol. The summed E-state index contributed by atoms with van der Waals surface area (Å²) in [4.78, 5) is 23.2. The Morgan fingerprint density at radius 2 is 1.77 bits per heavy atom. The number of carbonyl (C=O) groups excluding carboxylic acids is 1. The van der Waals surface area contributed by atoms with Gasteiger partial charge in [-0.15, -0.1) is 0 Å². The van der Waals surface area contributed by atoms with Gasteiger partial charge in [0.25, 0.3) is 5.91 Å². The summed E-state index contributed by atoms with van der Waals surface area (Å²) >= 11 is 0. The lowest BCUT2D eigenvalue weighted by Crippen LogP contribution is -2.39. The standard InChI is InChI=1S/C15H21NO5S/c1-10(2)22(20,21)12-8-6-5-7-11(12)13(17)16-9-15(3,4)14(18)19/h5-8,10H,9H2,1-4H3,(H,16,17)(H,18,19). The van der Waals surface area contributed by atoms with Crippen molar-refractivity contribution in [2.45, 2.75) is 37.8 Å². The lowest BCUT2D eigenvalue weighted by atomic mass is 9.94. The van der Waals surface area contributed by atoms with Gasteiger partial charge in [0.05, 0.1) is 21.1 Å². The fourth-order valence-electron chi connectivity index (χ4n) is 1.63. The van der Waals surface area contributed by atoms with Crippen LogP contribution in [0.4, 0.5) is 0 Å². The number of hydrogen-bond donors (Lipinski definition) is 2. The van der Waals surface area contributed by atoms with Gasteiger partial charge in [0.2, 0.25) is 0 Å². The van der Waals surface area contributed by atoms with Crippen LogP contribution in [0, 0.1) is 5.41 Å². The molecule has 2 N–H and O–H groups in total. The number of hydrogen-bond acceptors (Lipinski definition) is 4. The fourth-order valence-corrected chi connectivity index (χ4v) is 2.87. The maximum Gasteiger partial charge on any atom is 0.310 e. The Kier molecular flexibility index (Phi) is 5.35. The second-order valence-corrected chi connectivity index (χ2v) is 8.43. The third kappa shape index (κ3) is 3.85. The van der Waals surface area contributed by atoms with E-state index in [-0.39, 0.29) is 17.0 Å². The summed E-state index contributed by atoms with van der Waals surface area (Å²) in [7, 11) is -3.60. The highest BCUT2D eigenvalue weighted by molar-refractivity contribution is 7.92. The van der Waals surface area contributed by atoms with Gasteiger partial charge in [-0.2, -0.15) is 0 Å². The van der Waals surface area contributed by atoms with Gasteiger partial charge >= 0.3 is 5.97 Å². The van der Waals surface area contributed by atoms with Crippen LogP contribution in [-0.2, 0) is 14.6 Å². The van der Waals surface area contributed by atoms with Gasteiger partial charge < -0.3 is 10.4 Å². The molecule has 0 heterocycles. The number of nitrogens with one attached hydrogen (secondary N) is 1. The first-order valence-electron chi connectivity index (χ1n) is 6.84. The highest BCUT2D eigenvalue weighted by atomic mass is 32.2. The molecule has 6 nitrogen and oxygen atoms in total. The van der Waals surface area contributed by atoms with Crippen LogP contribution in [0.15, 0.2) is 29.2 Å². The zero-order valence-electron chi connectivity index (χ0n) is 13.1. The summed E-state index contributed by atoms with van der Waals surface area (Å²) in [5, 5.41) is 10.9. The average Bonchev–Trinajstić information content (AvgIpc) is 2.44. The van der Waals surface area contributed by atoms with Crippen molar-refractivity contribution in [2.24, 2.45) is 5.41 Å². The summed E-state index contributed by atoms with van der Waals surface area (Å²) < 4.78 is 24.6. The van der Waals surface area contributed by atoms with E-state index in [4.69, 9.17) is 5.11 Å². The summed E-state index contributed by atoms with van der Waals surface area (Å²) in [6.45, 7) is 5.94. The average molecular weight is 327 g/mol. The number of carboxylic acids is 1. The maximum absolute atomic E-state index is 12.3. The van der Waals surface area contributed by atoms with Crippen LogP contribution in [0.5, 0.6) is 0 Å². The van der Waals surface area contributed by atoms with Crippen molar-refractivity contribution in [3.63, 3.8) is 0 Å². The van der Waals surface area contributed by atoms with E-state index in [1.54, 1.807) is 12.1 Å². The Morgan fingerprint density at radius 1 is 1.23 bits per heavy atom. The Hall–Kier alpha value is -1.89. The molecule has 1 amide bonds. The second-order valence-electron chi connectivity index (χ2n) is 5.96. The van der Waals surface area contributed by atoms with Crippen molar-refractivity contribution >= 4 is 21.7 Å². The van der Waals surface area contributed by atoms with Crippen LogP contribution in [-0.4, -0.2) is 37.2 Å². The van der Waals surface area contributed by atoms with E-state index < -0.39 is 32.4 Å². The molecule has 1 rings (SSSR count). The molecular weight excluding hydrogens is 306 g/mol. The Labute approximate surface area is 130 Å². The maximum atomic E-state index is 12.3. The monoisotopic (exact) mass is 327 g/mol. The minimum atomic E-state index is -3.60. The van der Waals surface area contributed by atoms with E-state index in [0.29, 0.717) is 0 Å². The number of aliphatic carboxylic acids is 1. The Bertz CT molecular complexity index is 677. The third-order valence-corrected chi connectivity index (χ3v) is 5.54. The lowest BCUT2D eigenvalue weighted by Gasteiger charge is -2.20. The van der Waals surface area contributed by atoms with Gasteiger partial charge in [0, 0.05) is 6.54 Å². The molecule has 0 spiro atoms. The number of amides is 1. The first-order chi connectivity index (χ1) is 10.00. The van der Waals surface area contributed by atoms with E-state index in [9.17, 15) is 18.0 Å². The molecule has 0 aliphatic rings. The molecule has 7 heteroatoms. The van der Waals surface area contributed by atoms with Crippen LogP contribution in [0.1, 0.15) is 38.1 Å². The van der Waals surface area contributed by atoms with Crippen LogP contribution >= 0.6 is 0 Å².